The Morgan fingerprint density at radius 1 is 0.914 bits per heavy atom. The van der Waals surface area contributed by atoms with Crippen molar-refractivity contribution in [3.8, 4) is 17.6 Å². The van der Waals surface area contributed by atoms with Gasteiger partial charge in [0.1, 0.15) is 5.75 Å². The van der Waals surface area contributed by atoms with Crippen molar-refractivity contribution in [3.63, 3.8) is 0 Å². The first-order chi connectivity index (χ1) is 17.2. The van der Waals surface area contributed by atoms with Crippen LogP contribution in [0.15, 0.2) is 73.1 Å². The summed E-state index contributed by atoms with van der Waals surface area (Å²) in [6.45, 7) is 4.35. The Bertz CT molecular complexity index is 1150. The van der Waals surface area contributed by atoms with E-state index in [1.807, 2.05) is 36.7 Å². The maximum Gasteiger partial charge on any atom is 0.118 e. The van der Waals surface area contributed by atoms with Crippen LogP contribution in [-0.2, 0) is 6.54 Å². The van der Waals surface area contributed by atoms with Gasteiger partial charge < -0.3 is 9.84 Å². The molecule has 3 atom stereocenters. The van der Waals surface area contributed by atoms with Crippen LogP contribution in [0.25, 0.3) is 0 Å². The van der Waals surface area contributed by atoms with E-state index in [9.17, 15) is 5.11 Å². The van der Waals surface area contributed by atoms with Crippen LogP contribution in [0, 0.1) is 11.8 Å². The van der Waals surface area contributed by atoms with Gasteiger partial charge in [0.15, 0.2) is 0 Å². The molecule has 2 fully saturated rings. The Morgan fingerprint density at radius 3 is 2.23 bits per heavy atom. The maximum atomic E-state index is 10.2. The first kappa shape index (κ1) is 23.6. The molecule has 3 heterocycles. The maximum absolute atomic E-state index is 10.2. The van der Waals surface area contributed by atoms with Gasteiger partial charge in [-0.1, -0.05) is 24.0 Å². The molecule has 3 aromatic rings. The molecule has 2 aliphatic heterocycles. The second-order valence-electron chi connectivity index (χ2n) is 9.48. The summed E-state index contributed by atoms with van der Waals surface area (Å²) in [4.78, 5) is 9.26. The Morgan fingerprint density at radius 2 is 1.57 bits per heavy atom. The zero-order valence-electron chi connectivity index (χ0n) is 20.3. The molecule has 0 saturated carbocycles. The van der Waals surface area contributed by atoms with E-state index < -0.39 is 0 Å². The van der Waals surface area contributed by atoms with Crippen molar-refractivity contribution in [2.75, 3.05) is 33.4 Å². The lowest BCUT2D eigenvalue weighted by atomic mass is 9.74. The van der Waals surface area contributed by atoms with E-state index in [-0.39, 0.29) is 12.6 Å². The number of nitrogens with zero attached hydrogens (tertiary/aromatic N) is 3. The summed E-state index contributed by atoms with van der Waals surface area (Å²) >= 11 is 0. The summed E-state index contributed by atoms with van der Waals surface area (Å²) in [6, 6.07) is 21.3. The highest BCUT2D eigenvalue weighted by Gasteiger charge is 2.48. The molecule has 5 rings (SSSR count). The third kappa shape index (κ3) is 5.41. The number of aliphatic hydroxyl groups excluding tert-OH is 1. The van der Waals surface area contributed by atoms with Crippen LogP contribution >= 0.6 is 0 Å². The highest BCUT2D eigenvalue weighted by molar-refractivity contribution is 5.45. The van der Waals surface area contributed by atoms with Crippen LogP contribution in [0.2, 0.25) is 0 Å². The molecule has 2 saturated heterocycles. The highest BCUT2D eigenvalue weighted by atomic mass is 16.5. The second kappa shape index (κ2) is 11.0. The summed E-state index contributed by atoms with van der Waals surface area (Å²) in [5.74, 6) is 7.67. The number of benzene rings is 2. The number of hydrogen-bond acceptors (Lipinski definition) is 5. The number of methoxy groups -OCH3 is 1. The second-order valence-corrected chi connectivity index (χ2v) is 9.48. The number of fused-ring (bicyclic) bond motifs is 1. The Kier molecular flexibility index (Phi) is 7.44. The van der Waals surface area contributed by atoms with Crippen LogP contribution < -0.4 is 4.74 Å². The van der Waals surface area contributed by atoms with Crippen LogP contribution in [-0.4, -0.2) is 65.3 Å². The molecular formula is C30H33N3O2. The van der Waals surface area contributed by atoms with Crippen molar-refractivity contribution in [3.05, 3.63) is 95.3 Å². The Balaban J connectivity index is 1.30. The van der Waals surface area contributed by atoms with Gasteiger partial charge in [0.25, 0.3) is 0 Å². The number of aliphatic hydroxyl groups is 1. The van der Waals surface area contributed by atoms with E-state index >= 15 is 0 Å². The monoisotopic (exact) mass is 467 g/mol. The fraction of sp³-hybridized carbons (Fsp3) is 0.367. The van der Waals surface area contributed by atoms with Gasteiger partial charge >= 0.3 is 0 Å². The van der Waals surface area contributed by atoms with E-state index in [1.165, 1.54) is 24.0 Å². The minimum absolute atomic E-state index is 0.192. The number of hydrogen-bond donors (Lipinski definition) is 1. The Hall–Kier alpha value is -3.17. The average molecular weight is 468 g/mol. The van der Waals surface area contributed by atoms with Crippen molar-refractivity contribution in [2.24, 2.45) is 0 Å². The fourth-order valence-electron chi connectivity index (χ4n) is 5.51. The zero-order chi connectivity index (χ0) is 24.0. The van der Waals surface area contributed by atoms with Gasteiger partial charge in [0, 0.05) is 54.6 Å². The summed E-state index contributed by atoms with van der Waals surface area (Å²) in [5, 5.41) is 10.2. The largest absolute Gasteiger partial charge is 0.497 e. The highest BCUT2D eigenvalue weighted by Crippen LogP contribution is 2.42. The van der Waals surface area contributed by atoms with Crippen LogP contribution in [0.5, 0.6) is 5.75 Å². The summed E-state index contributed by atoms with van der Waals surface area (Å²) in [7, 11) is 1.67. The lowest BCUT2D eigenvalue weighted by molar-refractivity contribution is -0.0655. The van der Waals surface area contributed by atoms with Gasteiger partial charge in [-0.05, 0) is 85.6 Å². The molecule has 35 heavy (non-hydrogen) atoms. The van der Waals surface area contributed by atoms with Crippen molar-refractivity contribution in [1.82, 2.24) is 14.8 Å². The van der Waals surface area contributed by atoms with E-state index in [0.717, 1.165) is 43.1 Å². The van der Waals surface area contributed by atoms with Crippen molar-refractivity contribution in [2.45, 2.75) is 37.4 Å². The van der Waals surface area contributed by atoms with Crippen molar-refractivity contribution < 1.29 is 9.84 Å². The van der Waals surface area contributed by atoms with E-state index in [2.05, 4.69) is 63.0 Å². The molecule has 0 radical (unpaired) electrons. The summed E-state index contributed by atoms with van der Waals surface area (Å²) < 4.78 is 5.22. The molecule has 5 heteroatoms. The molecule has 0 bridgehead atoms. The lowest BCUT2D eigenvalue weighted by Crippen LogP contribution is -2.67. The molecule has 0 aliphatic carbocycles. The summed E-state index contributed by atoms with van der Waals surface area (Å²) in [5.41, 5.74) is 4.57. The minimum Gasteiger partial charge on any atom is -0.497 e. The van der Waals surface area contributed by atoms with Gasteiger partial charge in [0.05, 0.1) is 13.7 Å². The van der Waals surface area contributed by atoms with Crippen molar-refractivity contribution >= 4 is 0 Å². The lowest BCUT2D eigenvalue weighted by Gasteiger charge is -2.57. The third-order valence-electron chi connectivity index (χ3n) is 7.35. The topological polar surface area (TPSA) is 48.8 Å². The molecule has 0 spiro atoms. The predicted octanol–water partition coefficient (Wildman–Crippen LogP) is 3.91. The van der Waals surface area contributed by atoms with Crippen LogP contribution in [0.4, 0.5) is 0 Å². The van der Waals surface area contributed by atoms with Gasteiger partial charge in [-0.2, -0.15) is 0 Å². The molecule has 180 valence electrons. The zero-order valence-corrected chi connectivity index (χ0v) is 20.3. The van der Waals surface area contributed by atoms with Crippen LogP contribution in [0.1, 0.15) is 41.0 Å². The average Bonchev–Trinajstić information content (AvgIpc) is 2.89. The van der Waals surface area contributed by atoms with Gasteiger partial charge in [-0.15, -0.1) is 0 Å². The molecule has 1 N–H and O–H groups in total. The molecule has 2 aromatic carbocycles. The van der Waals surface area contributed by atoms with Gasteiger partial charge in [-0.3, -0.25) is 14.8 Å². The number of rotatable bonds is 5. The number of pyridine rings is 1. The fourth-order valence-corrected chi connectivity index (χ4v) is 5.51. The predicted molar refractivity (Wildman–Crippen MR) is 138 cm³/mol. The third-order valence-corrected chi connectivity index (χ3v) is 7.35. The van der Waals surface area contributed by atoms with E-state index in [4.69, 9.17) is 4.74 Å². The minimum atomic E-state index is 0.192. The Labute approximate surface area is 208 Å². The molecule has 0 amide bonds. The smallest absolute Gasteiger partial charge is 0.118 e. The quantitative estimate of drug-likeness (QED) is 0.577. The number of ether oxygens (including phenoxy) is 1. The van der Waals surface area contributed by atoms with E-state index in [1.54, 1.807) is 7.11 Å². The SMILES string of the molecule is COc1ccc(C#Cc2ccc([C@@H]3[C@H]4CN(Cc5ccncc5)CCCCN4[C@H]3CO)cc2)cc1. The van der Waals surface area contributed by atoms with Crippen molar-refractivity contribution in [1.29, 1.82) is 0 Å². The molecule has 2 aliphatic rings. The normalized spacial score (nSPS) is 22.6. The molecule has 5 nitrogen and oxygen atoms in total. The first-order valence-corrected chi connectivity index (χ1v) is 12.5. The first-order valence-electron chi connectivity index (χ1n) is 12.5. The van der Waals surface area contributed by atoms with Crippen LogP contribution in [0.3, 0.4) is 0 Å². The molecule has 0 unspecified atom stereocenters. The molecule has 1 aromatic heterocycles. The molecular weight excluding hydrogens is 434 g/mol. The van der Waals surface area contributed by atoms with Gasteiger partial charge in [-0.25, -0.2) is 0 Å². The van der Waals surface area contributed by atoms with E-state index in [0.29, 0.717) is 12.0 Å². The number of aromatic nitrogens is 1. The summed E-state index contributed by atoms with van der Waals surface area (Å²) in [6.07, 6.45) is 6.11. The standard InChI is InChI=1S/C30H33N3O2/c1-35-27-12-8-24(9-13-27)5-4-23-6-10-26(11-7-23)30-28-21-32(20-25-14-16-31-17-15-25)18-2-3-19-33(28)29(30)22-34/h6-17,28-30,34H,2-3,18-22H2,1H3/t28-,29+,30-/m1/s1. The van der Waals surface area contributed by atoms with Gasteiger partial charge in [0.2, 0.25) is 0 Å².